The van der Waals surface area contributed by atoms with E-state index in [1.54, 1.807) is 6.07 Å². The van der Waals surface area contributed by atoms with Gasteiger partial charge in [0.1, 0.15) is 11.9 Å². The third kappa shape index (κ3) is 4.04. The third-order valence-corrected chi connectivity index (χ3v) is 2.40. The zero-order valence-corrected chi connectivity index (χ0v) is 9.76. The molecule has 86 valence electrons. The van der Waals surface area contributed by atoms with E-state index in [2.05, 4.69) is 18.8 Å². The summed E-state index contributed by atoms with van der Waals surface area (Å²) in [6, 6.07) is 4.50. The predicted molar refractivity (Wildman–Crippen MR) is 63.5 cm³/mol. The van der Waals surface area contributed by atoms with Crippen LogP contribution in [0.4, 0.5) is 4.39 Å². The molecule has 0 aliphatic carbocycles. The first-order valence-electron chi connectivity index (χ1n) is 5.59. The lowest BCUT2D eigenvalue weighted by Crippen LogP contribution is -2.02. The summed E-state index contributed by atoms with van der Waals surface area (Å²) >= 11 is 0. The SMILES string of the molecule is CCCCC(O)C#Cc1cc(F)ccc1C. The van der Waals surface area contributed by atoms with E-state index in [-0.39, 0.29) is 5.82 Å². The monoisotopic (exact) mass is 220 g/mol. The predicted octanol–water partition coefficient (Wildman–Crippen LogP) is 3.04. The highest BCUT2D eigenvalue weighted by atomic mass is 19.1. The Kier molecular flexibility index (Phi) is 5.01. The first kappa shape index (κ1) is 12.7. The van der Waals surface area contributed by atoms with Crippen molar-refractivity contribution < 1.29 is 9.50 Å². The average Bonchev–Trinajstić information content (AvgIpc) is 2.27. The molecule has 1 rings (SSSR count). The molecule has 0 heterocycles. The quantitative estimate of drug-likeness (QED) is 0.776. The molecule has 0 saturated heterocycles. The lowest BCUT2D eigenvalue weighted by atomic mass is 10.1. The topological polar surface area (TPSA) is 20.2 Å². The molecule has 0 radical (unpaired) electrons. The maximum Gasteiger partial charge on any atom is 0.124 e. The number of halogens is 1. The van der Waals surface area contributed by atoms with E-state index in [9.17, 15) is 9.50 Å². The molecule has 0 bridgehead atoms. The number of aliphatic hydroxyl groups excluding tert-OH is 1. The fourth-order valence-corrected chi connectivity index (χ4v) is 1.36. The molecule has 2 heteroatoms. The van der Waals surface area contributed by atoms with Crippen molar-refractivity contribution in [3.63, 3.8) is 0 Å². The van der Waals surface area contributed by atoms with E-state index in [0.717, 1.165) is 18.4 Å². The number of aliphatic hydroxyl groups is 1. The van der Waals surface area contributed by atoms with Crippen molar-refractivity contribution >= 4 is 0 Å². The summed E-state index contributed by atoms with van der Waals surface area (Å²) in [5, 5.41) is 9.53. The van der Waals surface area contributed by atoms with E-state index < -0.39 is 6.10 Å². The van der Waals surface area contributed by atoms with Gasteiger partial charge in [0.25, 0.3) is 0 Å². The number of rotatable bonds is 3. The van der Waals surface area contributed by atoms with Crippen LogP contribution in [0, 0.1) is 24.6 Å². The van der Waals surface area contributed by atoms with Gasteiger partial charge in [-0.15, -0.1) is 0 Å². The smallest absolute Gasteiger partial charge is 0.124 e. The van der Waals surface area contributed by atoms with E-state index in [1.807, 2.05) is 6.92 Å². The molecular weight excluding hydrogens is 203 g/mol. The van der Waals surface area contributed by atoms with Crippen molar-refractivity contribution in [1.29, 1.82) is 0 Å². The Bertz CT molecular complexity index is 401. The second-order valence-electron chi connectivity index (χ2n) is 3.89. The second-order valence-corrected chi connectivity index (χ2v) is 3.89. The summed E-state index contributed by atoms with van der Waals surface area (Å²) in [5.41, 5.74) is 1.58. The van der Waals surface area contributed by atoms with Crippen molar-refractivity contribution in [2.45, 2.75) is 39.2 Å². The number of hydrogen-bond donors (Lipinski definition) is 1. The van der Waals surface area contributed by atoms with Crippen LogP contribution in [0.2, 0.25) is 0 Å². The minimum absolute atomic E-state index is 0.294. The van der Waals surface area contributed by atoms with Crippen LogP contribution in [0.5, 0.6) is 0 Å². The molecule has 0 aliphatic heterocycles. The van der Waals surface area contributed by atoms with Crippen molar-refractivity contribution in [2.75, 3.05) is 0 Å². The molecule has 0 aromatic heterocycles. The summed E-state index contributed by atoms with van der Waals surface area (Å²) < 4.78 is 12.9. The highest BCUT2D eigenvalue weighted by Crippen LogP contribution is 2.09. The van der Waals surface area contributed by atoms with Crippen molar-refractivity contribution in [2.24, 2.45) is 0 Å². The van der Waals surface area contributed by atoms with E-state index in [1.165, 1.54) is 12.1 Å². The van der Waals surface area contributed by atoms with Crippen LogP contribution >= 0.6 is 0 Å². The Labute approximate surface area is 96.3 Å². The Morgan fingerprint density at radius 2 is 2.19 bits per heavy atom. The molecular formula is C14H17FO. The summed E-state index contributed by atoms with van der Waals surface area (Å²) in [7, 11) is 0. The largest absolute Gasteiger partial charge is 0.380 e. The van der Waals surface area contributed by atoms with Gasteiger partial charge >= 0.3 is 0 Å². The molecule has 16 heavy (non-hydrogen) atoms. The van der Waals surface area contributed by atoms with Crippen molar-refractivity contribution in [3.05, 3.63) is 35.1 Å². The Morgan fingerprint density at radius 1 is 1.44 bits per heavy atom. The molecule has 1 aromatic carbocycles. The van der Waals surface area contributed by atoms with Crippen LogP contribution < -0.4 is 0 Å². The minimum Gasteiger partial charge on any atom is -0.380 e. The Morgan fingerprint density at radius 3 is 2.88 bits per heavy atom. The van der Waals surface area contributed by atoms with Crippen molar-refractivity contribution in [3.8, 4) is 11.8 Å². The maximum atomic E-state index is 12.9. The molecule has 0 amide bonds. The van der Waals surface area contributed by atoms with Crippen LogP contribution in [0.3, 0.4) is 0 Å². The van der Waals surface area contributed by atoms with Crippen LogP contribution in [-0.4, -0.2) is 11.2 Å². The van der Waals surface area contributed by atoms with Gasteiger partial charge in [-0.05, 0) is 31.0 Å². The van der Waals surface area contributed by atoms with Gasteiger partial charge in [0.2, 0.25) is 0 Å². The van der Waals surface area contributed by atoms with Crippen LogP contribution in [0.1, 0.15) is 37.3 Å². The van der Waals surface area contributed by atoms with Crippen LogP contribution in [-0.2, 0) is 0 Å². The van der Waals surface area contributed by atoms with Crippen LogP contribution in [0.15, 0.2) is 18.2 Å². The number of hydrogen-bond acceptors (Lipinski definition) is 1. The number of benzene rings is 1. The summed E-state index contributed by atoms with van der Waals surface area (Å²) in [6.07, 6.45) is 2.07. The summed E-state index contributed by atoms with van der Waals surface area (Å²) in [5.74, 6) is 5.27. The standard InChI is InChI=1S/C14H17FO/c1-3-4-5-14(16)9-7-12-10-13(15)8-6-11(12)2/h6,8,10,14,16H,3-5H2,1-2H3. The second kappa shape index (κ2) is 6.30. The summed E-state index contributed by atoms with van der Waals surface area (Å²) in [4.78, 5) is 0. The van der Waals surface area contributed by atoms with Gasteiger partial charge in [-0.3, -0.25) is 0 Å². The van der Waals surface area contributed by atoms with Gasteiger partial charge in [-0.2, -0.15) is 0 Å². The number of aryl methyl sites for hydroxylation is 1. The highest BCUT2D eigenvalue weighted by molar-refractivity contribution is 5.41. The fourth-order valence-electron chi connectivity index (χ4n) is 1.36. The van der Waals surface area contributed by atoms with Gasteiger partial charge in [-0.1, -0.05) is 37.7 Å². The molecule has 0 spiro atoms. The molecule has 0 saturated carbocycles. The fraction of sp³-hybridized carbons (Fsp3) is 0.429. The lowest BCUT2D eigenvalue weighted by molar-refractivity contribution is 0.218. The lowest BCUT2D eigenvalue weighted by Gasteiger charge is -2.01. The first-order valence-corrected chi connectivity index (χ1v) is 5.59. The zero-order valence-electron chi connectivity index (χ0n) is 9.76. The average molecular weight is 220 g/mol. The van der Waals surface area contributed by atoms with Gasteiger partial charge in [0.05, 0.1) is 0 Å². The van der Waals surface area contributed by atoms with Crippen LogP contribution in [0.25, 0.3) is 0 Å². The van der Waals surface area contributed by atoms with E-state index in [4.69, 9.17) is 0 Å². The third-order valence-electron chi connectivity index (χ3n) is 2.40. The summed E-state index contributed by atoms with van der Waals surface area (Å²) in [6.45, 7) is 3.94. The minimum atomic E-state index is -0.609. The highest BCUT2D eigenvalue weighted by Gasteiger charge is 1.99. The zero-order chi connectivity index (χ0) is 12.0. The molecule has 1 nitrogen and oxygen atoms in total. The molecule has 0 fully saturated rings. The van der Waals surface area contributed by atoms with E-state index >= 15 is 0 Å². The molecule has 1 N–H and O–H groups in total. The molecule has 1 unspecified atom stereocenters. The molecule has 0 aliphatic rings. The maximum absolute atomic E-state index is 12.9. The van der Waals surface area contributed by atoms with Gasteiger partial charge in [0.15, 0.2) is 0 Å². The Hall–Kier alpha value is -1.33. The van der Waals surface area contributed by atoms with Gasteiger partial charge in [0, 0.05) is 5.56 Å². The van der Waals surface area contributed by atoms with Crippen molar-refractivity contribution in [1.82, 2.24) is 0 Å². The molecule has 1 atom stereocenters. The first-order chi connectivity index (χ1) is 7.63. The normalized spacial score (nSPS) is 11.8. The Balaban J connectivity index is 2.72. The number of unbranched alkanes of at least 4 members (excludes halogenated alkanes) is 1. The van der Waals surface area contributed by atoms with E-state index in [0.29, 0.717) is 12.0 Å². The van der Waals surface area contributed by atoms with Gasteiger partial charge in [-0.25, -0.2) is 4.39 Å². The van der Waals surface area contributed by atoms with Gasteiger partial charge < -0.3 is 5.11 Å². The molecule has 1 aromatic rings.